The molecule has 4 nitrogen and oxygen atoms in total. The van der Waals surface area contributed by atoms with Crippen LogP contribution in [0.2, 0.25) is 0 Å². The van der Waals surface area contributed by atoms with E-state index in [1.807, 2.05) is 38.1 Å². The van der Waals surface area contributed by atoms with E-state index in [2.05, 4.69) is 5.32 Å². The Morgan fingerprint density at radius 2 is 2.05 bits per heavy atom. The summed E-state index contributed by atoms with van der Waals surface area (Å²) in [5.74, 6) is -0.175. The third kappa shape index (κ3) is 3.51. The number of ether oxygens (including phenoxy) is 2. The SMILES string of the molecule is CCOC(=O)C1(Nc2ccc(C)cc2)CCCOCC1. The lowest BCUT2D eigenvalue weighted by Crippen LogP contribution is -2.47. The Kier molecular flexibility index (Phi) is 5.01. The molecule has 1 saturated heterocycles. The lowest BCUT2D eigenvalue weighted by molar-refractivity contribution is -0.149. The van der Waals surface area contributed by atoms with Gasteiger partial charge in [-0.1, -0.05) is 17.7 Å². The van der Waals surface area contributed by atoms with Crippen LogP contribution in [0.3, 0.4) is 0 Å². The molecule has 1 aromatic rings. The Morgan fingerprint density at radius 1 is 1.30 bits per heavy atom. The summed E-state index contributed by atoms with van der Waals surface area (Å²) in [5, 5.41) is 3.39. The number of rotatable bonds is 4. The van der Waals surface area contributed by atoms with Crippen molar-refractivity contribution < 1.29 is 14.3 Å². The summed E-state index contributed by atoms with van der Waals surface area (Å²) in [6, 6.07) is 8.08. The molecule has 20 heavy (non-hydrogen) atoms. The number of carbonyl (C=O) groups excluding carboxylic acids is 1. The molecule has 1 unspecified atom stereocenters. The lowest BCUT2D eigenvalue weighted by Gasteiger charge is -2.32. The molecule has 1 aliphatic rings. The minimum absolute atomic E-state index is 0.175. The van der Waals surface area contributed by atoms with Gasteiger partial charge in [-0.3, -0.25) is 0 Å². The van der Waals surface area contributed by atoms with E-state index in [4.69, 9.17) is 9.47 Å². The number of benzene rings is 1. The van der Waals surface area contributed by atoms with Crippen molar-refractivity contribution in [3.8, 4) is 0 Å². The highest BCUT2D eigenvalue weighted by Gasteiger charge is 2.40. The van der Waals surface area contributed by atoms with Crippen LogP contribution in [0.25, 0.3) is 0 Å². The van der Waals surface area contributed by atoms with Crippen LogP contribution < -0.4 is 5.32 Å². The number of hydrogen-bond acceptors (Lipinski definition) is 4. The zero-order valence-corrected chi connectivity index (χ0v) is 12.3. The first-order valence-corrected chi connectivity index (χ1v) is 7.26. The maximum atomic E-state index is 12.4. The molecular formula is C16H23NO3. The van der Waals surface area contributed by atoms with Gasteiger partial charge in [0.15, 0.2) is 0 Å². The van der Waals surface area contributed by atoms with Gasteiger partial charge in [-0.2, -0.15) is 0 Å². The number of aryl methyl sites for hydroxylation is 1. The molecule has 0 saturated carbocycles. The van der Waals surface area contributed by atoms with Gasteiger partial charge in [0, 0.05) is 25.3 Å². The highest BCUT2D eigenvalue weighted by Crippen LogP contribution is 2.28. The van der Waals surface area contributed by atoms with E-state index in [1.54, 1.807) is 0 Å². The number of anilines is 1. The third-order valence-electron chi connectivity index (χ3n) is 3.67. The molecule has 0 bridgehead atoms. The average Bonchev–Trinajstić information content (AvgIpc) is 2.68. The van der Waals surface area contributed by atoms with Crippen molar-refractivity contribution in [1.82, 2.24) is 0 Å². The van der Waals surface area contributed by atoms with Crippen molar-refractivity contribution in [3.05, 3.63) is 29.8 Å². The molecule has 1 atom stereocenters. The second-order valence-corrected chi connectivity index (χ2v) is 5.26. The van der Waals surface area contributed by atoms with Gasteiger partial charge in [-0.05, 0) is 38.8 Å². The quantitative estimate of drug-likeness (QED) is 0.860. The van der Waals surface area contributed by atoms with Crippen LogP contribution in [0.5, 0.6) is 0 Å². The zero-order chi connectivity index (χ0) is 14.4. The van der Waals surface area contributed by atoms with E-state index in [0.717, 1.165) is 18.5 Å². The predicted molar refractivity (Wildman–Crippen MR) is 78.8 cm³/mol. The molecule has 110 valence electrons. The summed E-state index contributed by atoms with van der Waals surface area (Å²) < 4.78 is 10.8. The maximum absolute atomic E-state index is 12.4. The smallest absolute Gasteiger partial charge is 0.331 e. The Morgan fingerprint density at radius 3 is 2.75 bits per heavy atom. The number of hydrogen-bond donors (Lipinski definition) is 1. The summed E-state index contributed by atoms with van der Waals surface area (Å²) in [5.41, 5.74) is 1.48. The van der Waals surface area contributed by atoms with E-state index < -0.39 is 5.54 Å². The van der Waals surface area contributed by atoms with Gasteiger partial charge in [0.05, 0.1) is 6.61 Å². The molecule has 1 aliphatic heterocycles. The summed E-state index contributed by atoms with van der Waals surface area (Å²) in [6.07, 6.45) is 2.23. The van der Waals surface area contributed by atoms with E-state index >= 15 is 0 Å². The van der Waals surface area contributed by atoms with E-state index in [1.165, 1.54) is 5.56 Å². The standard InChI is InChI=1S/C16H23NO3/c1-3-20-15(18)16(9-4-11-19-12-10-16)17-14-7-5-13(2)6-8-14/h5-8,17H,3-4,9-12H2,1-2H3. The lowest BCUT2D eigenvalue weighted by atomic mass is 9.90. The molecule has 1 N–H and O–H groups in total. The Labute approximate surface area is 120 Å². The van der Waals surface area contributed by atoms with Gasteiger partial charge in [-0.15, -0.1) is 0 Å². The second kappa shape index (κ2) is 6.75. The molecular weight excluding hydrogens is 254 g/mol. The third-order valence-corrected chi connectivity index (χ3v) is 3.67. The molecule has 1 fully saturated rings. The number of carbonyl (C=O) groups is 1. The highest BCUT2D eigenvalue weighted by molar-refractivity contribution is 5.84. The van der Waals surface area contributed by atoms with Crippen molar-refractivity contribution >= 4 is 11.7 Å². The fraction of sp³-hybridized carbons (Fsp3) is 0.562. The van der Waals surface area contributed by atoms with Crippen molar-refractivity contribution in [1.29, 1.82) is 0 Å². The minimum Gasteiger partial charge on any atom is -0.464 e. The van der Waals surface area contributed by atoms with Crippen LogP contribution in [0, 0.1) is 6.92 Å². The van der Waals surface area contributed by atoms with Gasteiger partial charge in [0.25, 0.3) is 0 Å². The Hall–Kier alpha value is -1.55. The van der Waals surface area contributed by atoms with E-state index in [-0.39, 0.29) is 5.97 Å². The molecule has 1 heterocycles. The highest BCUT2D eigenvalue weighted by atomic mass is 16.5. The van der Waals surface area contributed by atoms with Crippen LogP contribution in [-0.2, 0) is 14.3 Å². The first-order valence-electron chi connectivity index (χ1n) is 7.26. The predicted octanol–water partition coefficient (Wildman–Crippen LogP) is 2.91. The summed E-state index contributed by atoms with van der Waals surface area (Å²) in [7, 11) is 0. The molecule has 4 heteroatoms. The molecule has 0 radical (unpaired) electrons. The van der Waals surface area contributed by atoms with E-state index in [9.17, 15) is 4.79 Å². The average molecular weight is 277 g/mol. The molecule has 0 amide bonds. The monoisotopic (exact) mass is 277 g/mol. The minimum atomic E-state index is -0.665. The van der Waals surface area contributed by atoms with Crippen LogP contribution in [0.15, 0.2) is 24.3 Å². The molecule has 0 aliphatic carbocycles. The van der Waals surface area contributed by atoms with Crippen molar-refractivity contribution in [3.63, 3.8) is 0 Å². The number of esters is 1. The van der Waals surface area contributed by atoms with Gasteiger partial charge >= 0.3 is 5.97 Å². The van der Waals surface area contributed by atoms with Crippen LogP contribution >= 0.6 is 0 Å². The van der Waals surface area contributed by atoms with Crippen LogP contribution in [-0.4, -0.2) is 31.3 Å². The summed E-state index contributed by atoms with van der Waals surface area (Å²) >= 11 is 0. The van der Waals surface area contributed by atoms with Crippen LogP contribution in [0.1, 0.15) is 31.7 Å². The van der Waals surface area contributed by atoms with Crippen LogP contribution in [0.4, 0.5) is 5.69 Å². The molecule has 0 spiro atoms. The second-order valence-electron chi connectivity index (χ2n) is 5.26. The van der Waals surface area contributed by atoms with Gasteiger partial charge in [0.1, 0.15) is 5.54 Å². The first kappa shape index (κ1) is 14.9. The van der Waals surface area contributed by atoms with Gasteiger partial charge < -0.3 is 14.8 Å². The summed E-state index contributed by atoms with van der Waals surface area (Å²) in [4.78, 5) is 12.4. The van der Waals surface area contributed by atoms with Crippen molar-refractivity contribution in [2.24, 2.45) is 0 Å². The Balaban J connectivity index is 2.20. The Bertz CT molecular complexity index is 434. The molecule has 1 aromatic carbocycles. The molecule has 2 rings (SSSR count). The van der Waals surface area contributed by atoms with Gasteiger partial charge in [-0.25, -0.2) is 4.79 Å². The first-order chi connectivity index (χ1) is 9.66. The maximum Gasteiger partial charge on any atom is 0.331 e. The van der Waals surface area contributed by atoms with Gasteiger partial charge in [0.2, 0.25) is 0 Å². The normalized spacial score (nSPS) is 22.9. The summed E-state index contributed by atoms with van der Waals surface area (Å²) in [6.45, 7) is 5.57. The van der Waals surface area contributed by atoms with Crippen molar-refractivity contribution in [2.45, 2.75) is 38.6 Å². The molecule has 0 aromatic heterocycles. The number of nitrogens with one attached hydrogen (secondary N) is 1. The van der Waals surface area contributed by atoms with E-state index in [0.29, 0.717) is 26.2 Å². The fourth-order valence-corrected chi connectivity index (χ4v) is 2.51. The largest absolute Gasteiger partial charge is 0.464 e. The van der Waals surface area contributed by atoms with Crippen molar-refractivity contribution in [2.75, 3.05) is 25.1 Å². The fourth-order valence-electron chi connectivity index (χ4n) is 2.51. The zero-order valence-electron chi connectivity index (χ0n) is 12.3. The topological polar surface area (TPSA) is 47.6 Å².